The van der Waals surface area contributed by atoms with Crippen LogP contribution in [0.2, 0.25) is 0 Å². The topological polar surface area (TPSA) is 65.7 Å². The maximum atomic E-state index is 5.43. The molecule has 0 spiro atoms. The number of nitrogens with one attached hydrogen (secondary N) is 2. The van der Waals surface area contributed by atoms with E-state index < -0.39 is 0 Å². The van der Waals surface area contributed by atoms with Gasteiger partial charge in [-0.25, -0.2) is 0 Å². The number of halogens is 1. The number of aromatic nitrogens is 1. The van der Waals surface area contributed by atoms with Crippen LogP contribution in [0.25, 0.3) is 0 Å². The SMILES string of the molecule is CCc1noc(CC)c1CNC(=NC)NCc1ccc(C)cc1N(C)C.I. The molecular formula is C20H32IN5O. The third kappa shape index (κ3) is 6.12. The molecule has 2 N–H and O–H groups in total. The van der Waals surface area contributed by atoms with Crippen molar-refractivity contribution in [3.63, 3.8) is 0 Å². The number of anilines is 1. The van der Waals surface area contributed by atoms with E-state index in [0.29, 0.717) is 13.1 Å². The Hall–Kier alpha value is -1.77. The van der Waals surface area contributed by atoms with Gasteiger partial charge in [0.05, 0.1) is 5.69 Å². The van der Waals surface area contributed by atoms with Gasteiger partial charge in [0.2, 0.25) is 0 Å². The van der Waals surface area contributed by atoms with Crippen molar-refractivity contribution in [2.75, 3.05) is 26.0 Å². The molecule has 0 unspecified atom stereocenters. The van der Waals surface area contributed by atoms with E-state index in [-0.39, 0.29) is 24.0 Å². The molecule has 27 heavy (non-hydrogen) atoms. The fraction of sp³-hybridized carbons (Fsp3) is 0.500. The standard InChI is InChI=1S/C20H31N5O.HI/c1-7-17-16(19(8-2)26-24-17)13-23-20(21-4)22-12-15-10-9-14(3)11-18(15)25(5)6;/h9-11H,7-8,12-13H2,1-6H3,(H2,21,22,23);1H. The van der Waals surface area contributed by atoms with E-state index in [1.165, 1.54) is 16.8 Å². The Bertz CT molecular complexity index is 733. The van der Waals surface area contributed by atoms with Gasteiger partial charge in [-0.2, -0.15) is 0 Å². The quantitative estimate of drug-likeness (QED) is 0.356. The first kappa shape index (κ1) is 23.3. The minimum absolute atomic E-state index is 0. The molecule has 0 aliphatic rings. The van der Waals surface area contributed by atoms with Crippen LogP contribution in [-0.4, -0.2) is 32.3 Å². The first-order valence-electron chi connectivity index (χ1n) is 9.17. The second-order valence-electron chi connectivity index (χ2n) is 6.54. The van der Waals surface area contributed by atoms with Gasteiger partial charge in [0.15, 0.2) is 5.96 Å². The van der Waals surface area contributed by atoms with Crippen LogP contribution in [0, 0.1) is 6.92 Å². The normalized spacial score (nSPS) is 11.1. The highest BCUT2D eigenvalue weighted by atomic mass is 127. The molecule has 0 saturated carbocycles. The fourth-order valence-electron chi connectivity index (χ4n) is 2.95. The van der Waals surface area contributed by atoms with E-state index >= 15 is 0 Å². The first-order chi connectivity index (χ1) is 12.5. The monoisotopic (exact) mass is 485 g/mol. The predicted molar refractivity (Wildman–Crippen MR) is 123 cm³/mol. The molecule has 7 heteroatoms. The largest absolute Gasteiger partial charge is 0.377 e. The number of benzene rings is 1. The van der Waals surface area contributed by atoms with Crippen molar-refractivity contribution in [1.29, 1.82) is 0 Å². The van der Waals surface area contributed by atoms with Crippen molar-refractivity contribution in [2.45, 2.75) is 46.7 Å². The van der Waals surface area contributed by atoms with Crippen LogP contribution in [0.4, 0.5) is 5.69 Å². The van der Waals surface area contributed by atoms with Crippen molar-refractivity contribution in [1.82, 2.24) is 15.8 Å². The smallest absolute Gasteiger partial charge is 0.191 e. The molecule has 0 atom stereocenters. The molecule has 0 aliphatic heterocycles. The third-order valence-electron chi connectivity index (χ3n) is 4.43. The number of aryl methyl sites for hydroxylation is 3. The molecule has 2 rings (SSSR count). The van der Waals surface area contributed by atoms with E-state index in [1.54, 1.807) is 7.05 Å². The highest BCUT2D eigenvalue weighted by Crippen LogP contribution is 2.20. The molecule has 0 fully saturated rings. The zero-order chi connectivity index (χ0) is 19.1. The zero-order valence-corrected chi connectivity index (χ0v) is 19.5. The van der Waals surface area contributed by atoms with Gasteiger partial charge in [0.1, 0.15) is 5.76 Å². The molecule has 1 aromatic carbocycles. The Balaban J connectivity index is 0.00000364. The summed E-state index contributed by atoms with van der Waals surface area (Å²) in [5.41, 5.74) is 5.86. The minimum Gasteiger partial charge on any atom is -0.377 e. The summed E-state index contributed by atoms with van der Waals surface area (Å²) in [5, 5.41) is 10.9. The van der Waals surface area contributed by atoms with Crippen molar-refractivity contribution in [3.8, 4) is 0 Å². The molecule has 0 saturated heterocycles. The lowest BCUT2D eigenvalue weighted by Gasteiger charge is -2.19. The molecule has 0 bridgehead atoms. The summed E-state index contributed by atoms with van der Waals surface area (Å²) < 4.78 is 5.43. The maximum Gasteiger partial charge on any atom is 0.191 e. The van der Waals surface area contributed by atoms with Crippen LogP contribution in [0.15, 0.2) is 27.7 Å². The zero-order valence-electron chi connectivity index (χ0n) is 17.2. The van der Waals surface area contributed by atoms with Crippen LogP contribution in [0.5, 0.6) is 0 Å². The summed E-state index contributed by atoms with van der Waals surface area (Å²) in [4.78, 5) is 6.47. The summed E-state index contributed by atoms with van der Waals surface area (Å²) in [6.45, 7) is 7.65. The third-order valence-corrected chi connectivity index (χ3v) is 4.43. The first-order valence-corrected chi connectivity index (χ1v) is 9.17. The summed E-state index contributed by atoms with van der Waals surface area (Å²) in [7, 11) is 5.91. The number of rotatable bonds is 7. The summed E-state index contributed by atoms with van der Waals surface area (Å²) in [5.74, 6) is 1.71. The second-order valence-corrected chi connectivity index (χ2v) is 6.54. The Morgan fingerprint density at radius 2 is 1.85 bits per heavy atom. The van der Waals surface area contributed by atoms with Crippen molar-refractivity contribution in [2.24, 2.45) is 4.99 Å². The van der Waals surface area contributed by atoms with E-state index in [0.717, 1.165) is 35.8 Å². The lowest BCUT2D eigenvalue weighted by molar-refractivity contribution is 0.380. The lowest BCUT2D eigenvalue weighted by atomic mass is 10.1. The lowest BCUT2D eigenvalue weighted by Crippen LogP contribution is -2.37. The van der Waals surface area contributed by atoms with Gasteiger partial charge in [-0.05, 0) is 30.5 Å². The maximum absolute atomic E-state index is 5.43. The van der Waals surface area contributed by atoms with E-state index in [9.17, 15) is 0 Å². The van der Waals surface area contributed by atoms with E-state index in [2.05, 4.69) is 78.7 Å². The Morgan fingerprint density at radius 1 is 1.15 bits per heavy atom. The molecule has 150 valence electrons. The van der Waals surface area contributed by atoms with Crippen molar-refractivity contribution in [3.05, 3.63) is 46.3 Å². The summed E-state index contributed by atoms with van der Waals surface area (Å²) >= 11 is 0. The van der Waals surface area contributed by atoms with Crippen LogP contribution in [-0.2, 0) is 25.9 Å². The Labute approximate surface area is 179 Å². The summed E-state index contributed by atoms with van der Waals surface area (Å²) in [6, 6.07) is 6.50. The van der Waals surface area contributed by atoms with E-state index in [4.69, 9.17) is 4.52 Å². The highest BCUT2D eigenvalue weighted by Gasteiger charge is 2.14. The fourth-order valence-corrected chi connectivity index (χ4v) is 2.95. The number of aliphatic imine (C=N–C) groups is 1. The average Bonchev–Trinajstić information content (AvgIpc) is 3.04. The number of hydrogen-bond acceptors (Lipinski definition) is 4. The molecular weight excluding hydrogens is 453 g/mol. The molecule has 6 nitrogen and oxygen atoms in total. The van der Waals surface area contributed by atoms with Crippen LogP contribution in [0.1, 0.15) is 42.0 Å². The molecule has 1 heterocycles. The van der Waals surface area contributed by atoms with Gasteiger partial charge in [-0.1, -0.05) is 31.1 Å². The van der Waals surface area contributed by atoms with Gasteiger partial charge in [-0.15, -0.1) is 24.0 Å². The van der Waals surface area contributed by atoms with Crippen molar-refractivity contribution >= 4 is 35.6 Å². The molecule has 1 aromatic heterocycles. The molecule has 2 aromatic rings. The average molecular weight is 485 g/mol. The minimum atomic E-state index is 0. The highest BCUT2D eigenvalue weighted by molar-refractivity contribution is 14.0. The number of guanidine groups is 1. The second kappa shape index (κ2) is 11.2. The van der Waals surface area contributed by atoms with Gasteiger partial charge in [0, 0.05) is 51.9 Å². The van der Waals surface area contributed by atoms with Crippen molar-refractivity contribution < 1.29 is 4.52 Å². The molecule has 0 amide bonds. The van der Waals surface area contributed by atoms with Crippen LogP contribution < -0.4 is 15.5 Å². The Kier molecular flexibility index (Phi) is 9.62. The number of hydrogen-bond donors (Lipinski definition) is 2. The molecule has 0 radical (unpaired) electrons. The summed E-state index contributed by atoms with van der Waals surface area (Å²) in [6.07, 6.45) is 1.70. The van der Waals surface area contributed by atoms with Crippen LogP contribution in [0.3, 0.4) is 0 Å². The van der Waals surface area contributed by atoms with Gasteiger partial charge in [0.25, 0.3) is 0 Å². The van der Waals surface area contributed by atoms with Gasteiger partial charge >= 0.3 is 0 Å². The number of nitrogens with zero attached hydrogens (tertiary/aromatic N) is 3. The van der Waals surface area contributed by atoms with E-state index in [1.807, 2.05) is 0 Å². The van der Waals surface area contributed by atoms with Crippen LogP contribution >= 0.6 is 24.0 Å². The molecule has 0 aliphatic carbocycles. The Morgan fingerprint density at radius 3 is 2.44 bits per heavy atom. The predicted octanol–water partition coefficient (Wildman–Crippen LogP) is 3.66. The van der Waals surface area contributed by atoms with Gasteiger partial charge < -0.3 is 20.1 Å². The van der Waals surface area contributed by atoms with Gasteiger partial charge in [-0.3, -0.25) is 4.99 Å².